The maximum absolute atomic E-state index is 6.08. The molecule has 0 heterocycles. The number of alkyl halides is 1. The zero-order valence-electron chi connectivity index (χ0n) is 10.8. The van der Waals surface area contributed by atoms with Crippen molar-refractivity contribution in [3.8, 4) is 0 Å². The molecule has 1 fully saturated rings. The average molecular weight is 261 g/mol. The molecular weight excluding hydrogens is 240 g/mol. The van der Waals surface area contributed by atoms with Crippen molar-refractivity contribution in [3.63, 3.8) is 0 Å². The quantitative estimate of drug-likeness (QED) is 0.499. The van der Waals surface area contributed by atoms with Crippen LogP contribution in [0.5, 0.6) is 0 Å². The van der Waals surface area contributed by atoms with E-state index in [1.165, 1.54) is 43.2 Å². The molecule has 96 valence electrons. The Morgan fingerprint density at radius 2 is 1.83 bits per heavy atom. The topological polar surface area (TPSA) is 0 Å². The van der Waals surface area contributed by atoms with Crippen LogP contribution in [0.1, 0.15) is 37.7 Å². The van der Waals surface area contributed by atoms with Gasteiger partial charge in [-0.05, 0) is 24.3 Å². The van der Waals surface area contributed by atoms with Gasteiger partial charge >= 0.3 is 0 Å². The summed E-state index contributed by atoms with van der Waals surface area (Å²) in [4.78, 5) is 0. The standard InChI is InChI=1S/C17H21Cl/c18-14-17(16-11-5-2-6-12-16)13-7-10-15-8-3-1-4-9-15/h1,3-4,7-10,13,16H,2,5-6,11-12,14H2. The maximum Gasteiger partial charge on any atom is 0.0439 e. The molecule has 0 spiro atoms. The lowest BCUT2D eigenvalue weighted by atomic mass is 9.84. The summed E-state index contributed by atoms with van der Waals surface area (Å²) in [6, 6.07) is 10.4. The molecule has 0 aliphatic heterocycles. The largest absolute Gasteiger partial charge is 0.122 e. The Bertz CT molecular complexity index is 397. The van der Waals surface area contributed by atoms with Crippen LogP contribution in [0.4, 0.5) is 0 Å². The van der Waals surface area contributed by atoms with Gasteiger partial charge in [0.15, 0.2) is 0 Å². The highest BCUT2D eigenvalue weighted by atomic mass is 35.5. The first-order valence-electron chi connectivity index (χ1n) is 6.88. The summed E-state index contributed by atoms with van der Waals surface area (Å²) in [6.45, 7) is 0. The summed E-state index contributed by atoms with van der Waals surface area (Å²) in [5.74, 6) is 1.39. The molecule has 0 bridgehead atoms. The molecule has 2 rings (SSSR count). The highest BCUT2D eigenvalue weighted by Crippen LogP contribution is 2.30. The third kappa shape index (κ3) is 4.03. The lowest BCUT2D eigenvalue weighted by Gasteiger charge is -2.23. The van der Waals surface area contributed by atoms with E-state index in [4.69, 9.17) is 11.6 Å². The van der Waals surface area contributed by atoms with Crippen molar-refractivity contribution < 1.29 is 0 Å². The Hall–Kier alpha value is -1.01. The van der Waals surface area contributed by atoms with Crippen LogP contribution in [-0.4, -0.2) is 5.88 Å². The Morgan fingerprint density at radius 3 is 2.50 bits per heavy atom. The van der Waals surface area contributed by atoms with Crippen LogP contribution in [0, 0.1) is 5.92 Å². The molecular formula is C17H21Cl. The van der Waals surface area contributed by atoms with Gasteiger partial charge in [0, 0.05) is 5.88 Å². The highest BCUT2D eigenvalue weighted by molar-refractivity contribution is 6.19. The van der Waals surface area contributed by atoms with Gasteiger partial charge in [0.2, 0.25) is 0 Å². The predicted molar refractivity (Wildman–Crippen MR) is 80.9 cm³/mol. The fraction of sp³-hybridized carbons (Fsp3) is 0.412. The van der Waals surface area contributed by atoms with Gasteiger partial charge in [-0.25, -0.2) is 0 Å². The van der Waals surface area contributed by atoms with Gasteiger partial charge in [0.25, 0.3) is 0 Å². The summed E-state index contributed by atoms with van der Waals surface area (Å²) >= 11 is 6.08. The van der Waals surface area contributed by atoms with Crippen LogP contribution in [0.15, 0.2) is 48.1 Å². The molecule has 1 aliphatic rings. The van der Waals surface area contributed by atoms with E-state index in [1.807, 2.05) is 6.07 Å². The molecule has 0 N–H and O–H groups in total. The van der Waals surface area contributed by atoms with E-state index in [2.05, 4.69) is 42.5 Å². The van der Waals surface area contributed by atoms with Crippen LogP contribution in [0.2, 0.25) is 0 Å². The van der Waals surface area contributed by atoms with E-state index in [-0.39, 0.29) is 0 Å². The summed E-state index contributed by atoms with van der Waals surface area (Å²) in [5.41, 5.74) is 2.65. The molecule has 18 heavy (non-hydrogen) atoms. The zero-order chi connectivity index (χ0) is 12.6. The first-order valence-corrected chi connectivity index (χ1v) is 7.42. The fourth-order valence-electron chi connectivity index (χ4n) is 2.61. The third-order valence-corrected chi connectivity index (χ3v) is 3.99. The van der Waals surface area contributed by atoms with Gasteiger partial charge < -0.3 is 0 Å². The minimum absolute atomic E-state index is 0.670. The van der Waals surface area contributed by atoms with E-state index in [0.29, 0.717) is 5.88 Å². The summed E-state index contributed by atoms with van der Waals surface area (Å²) in [5, 5.41) is 0. The van der Waals surface area contributed by atoms with Gasteiger partial charge in [0.05, 0.1) is 0 Å². The van der Waals surface area contributed by atoms with Crippen LogP contribution in [-0.2, 0) is 0 Å². The van der Waals surface area contributed by atoms with Crippen molar-refractivity contribution in [1.82, 2.24) is 0 Å². The van der Waals surface area contributed by atoms with E-state index < -0.39 is 0 Å². The van der Waals surface area contributed by atoms with E-state index >= 15 is 0 Å². The Labute approximate surface area is 115 Å². The number of halogens is 1. The molecule has 0 unspecified atom stereocenters. The van der Waals surface area contributed by atoms with E-state index in [9.17, 15) is 0 Å². The first kappa shape index (κ1) is 13.4. The number of allylic oxidation sites excluding steroid dienone is 3. The van der Waals surface area contributed by atoms with Crippen LogP contribution in [0.25, 0.3) is 6.08 Å². The summed E-state index contributed by atoms with van der Waals surface area (Å²) in [6.07, 6.45) is 13.3. The normalized spacial score (nSPS) is 18.4. The van der Waals surface area contributed by atoms with Gasteiger partial charge in [-0.15, -0.1) is 11.6 Å². The second-order valence-corrected chi connectivity index (χ2v) is 5.25. The molecule has 1 saturated carbocycles. The average Bonchev–Trinajstić information content (AvgIpc) is 2.46. The Balaban J connectivity index is 1.99. The third-order valence-electron chi connectivity index (χ3n) is 3.68. The van der Waals surface area contributed by atoms with Crippen LogP contribution < -0.4 is 0 Å². The number of rotatable bonds is 4. The number of hydrogen-bond acceptors (Lipinski definition) is 0. The Kier molecular flexibility index (Phi) is 5.54. The highest BCUT2D eigenvalue weighted by Gasteiger charge is 2.16. The minimum Gasteiger partial charge on any atom is -0.122 e. The molecule has 1 heteroatoms. The molecule has 1 aromatic rings. The zero-order valence-corrected chi connectivity index (χ0v) is 11.6. The monoisotopic (exact) mass is 260 g/mol. The second kappa shape index (κ2) is 7.43. The maximum atomic E-state index is 6.08. The lowest BCUT2D eigenvalue weighted by Crippen LogP contribution is -2.10. The van der Waals surface area contributed by atoms with Crippen LogP contribution in [0.3, 0.4) is 0 Å². The summed E-state index contributed by atoms with van der Waals surface area (Å²) < 4.78 is 0. The molecule has 0 nitrogen and oxygen atoms in total. The van der Waals surface area contributed by atoms with Gasteiger partial charge in [-0.3, -0.25) is 0 Å². The number of benzene rings is 1. The van der Waals surface area contributed by atoms with Crippen molar-refractivity contribution >= 4 is 17.7 Å². The smallest absolute Gasteiger partial charge is 0.0439 e. The summed E-state index contributed by atoms with van der Waals surface area (Å²) in [7, 11) is 0. The SMILES string of the molecule is ClCC(=CC=Cc1ccccc1)C1CCCCC1. The van der Waals surface area contributed by atoms with E-state index in [0.717, 1.165) is 5.92 Å². The van der Waals surface area contributed by atoms with Crippen molar-refractivity contribution in [1.29, 1.82) is 0 Å². The molecule has 0 saturated heterocycles. The molecule has 1 aromatic carbocycles. The lowest BCUT2D eigenvalue weighted by molar-refractivity contribution is 0.403. The van der Waals surface area contributed by atoms with Gasteiger partial charge in [-0.2, -0.15) is 0 Å². The van der Waals surface area contributed by atoms with Crippen molar-refractivity contribution in [3.05, 3.63) is 53.6 Å². The van der Waals surface area contributed by atoms with Gasteiger partial charge in [-0.1, -0.05) is 73.4 Å². The first-order chi connectivity index (χ1) is 8.90. The van der Waals surface area contributed by atoms with Crippen molar-refractivity contribution in [2.45, 2.75) is 32.1 Å². The van der Waals surface area contributed by atoms with Gasteiger partial charge in [0.1, 0.15) is 0 Å². The fourth-order valence-corrected chi connectivity index (χ4v) is 2.92. The van der Waals surface area contributed by atoms with E-state index in [1.54, 1.807) is 0 Å². The van der Waals surface area contributed by atoms with Crippen molar-refractivity contribution in [2.24, 2.45) is 5.92 Å². The minimum atomic E-state index is 0.670. The molecule has 0 radical (unpaired) electrons. The molecule has 1 aliphatic carbocycles. The second-order valence-electron chi connectivity index (χ2n) is 4.98. The Morgan fingerprint density at radius 1 is 1.11 bits per heavy atom. The molecule has 0 aromatic heterocycles. The predicted octanol–water partition coefficient (Wildman–Crippen LogP) is 5.45. The molecule has 0 atom stereocenters. The molecule has 0 amide bonds. The van der Waals surface area contributed by atoms with Crippen LogP contribution >= 0.6 is 11.6 Å². The number of hydrogen-bond donors (Lipinski definition) is 0. The van der Waals surface area contributed by atoms with Crippen molar-refractivity contribution in [2.75, 3.05) is 5.88 Å².